The monoisotopic (exact) mass is 358 g/mol. The lowest BCUT2D eigenvalue weighted by atomic mass is 9.88. The molecule has 0 radical (unpaired) electrons. The molecule has 0 aliphatic rings. The Morgan fingerprint density at radius 1 is 0.909 bits per heavy atom. The molecule has 112 valence electrons. The molecule has 0 aliphatic carbocycles. The lowest BCUT2D eigenvalue weighted by molar-refractivity contribution is -0.119. The van der Waals surface area contributed by atoms with E-state index in [9.17, 15) is 14.4 Å². The summed E-state index contributed by atoms with van der Waals surface area (Å²) in [7, 11) is 0. The van der Waals surface area contributed by atoms with Crippen molar-refractivity contribution < 1.29 is 14.4 Å². The quantitative estimate of drug-likeness (QED) is 0.576. The van der Waals surface area contributed by atoms with Crippen LogP contribution in [0.1, 0.15) is 34.1 Å². The number of ketones is 3. The van der Waals surface area contributed by atoms with Gasteiger partial charge in [-0.25, -0.2) is 0 Å². The molecule has 0 saturated heterocycles. The summed E-state index contributed by atoms with van der Waals surface area (Å²) >= 11 is 3.30. The molecule has 0 amide bonds. The maximum absolute atomic E-state index is 12.4. The van der Waals surface area contributed by atoms with Gasteiger partial charge in [-0.3, -0.25) is 14.4 Å². The van der Waals surface area contributed by atoms with E-state index in [-0.39, 0.29) is 23.8 Å². The molecule has 0 aromatic heterocycles. The third kappa shape index (κ3) is 3.98. The molecule has 0 fully saturated rings. The van der Waals surface area contributed by atoms with Gasteiger partial charge >= 0.3 is 0 Å². The van der Waals surface area contributed by atoms with E-state index in [1.165, 1.54) is 6.92 Å². The molecule has 4 heteroatoms. The van der Waals surface area contributed by atoms with Crippen molar-refractivity contribution in [3.05, 3.63) is 70.2 Å². The Morgan fingerprint density at radius 3 is 2.05 bits per heavy atom. The van der Waals surface area contributed by atoms with Gasteiger partial charge in [0.25, 0.3) is 0 Å². The van der Waals surface area contributed by atoms with Crippen LogP contribution < -0.4 is 0 Å². The van der Waals surface area contributed by atoms with E-state index in [0.29, 0.717) is 11.1 Å². The molecule has 0 heterocycles. The predicted molar refractivity (Wildman–Crippen MR) is 88.0 cm³/mol. The standard InChI is InChI=1S/C18H15BrO3/c1-12(20)16(18(22)14-5-3-2-4-6-14)11-17(21)13-7-9-15(19)10-8-13/h2-10,16H,11H2,1H3. The van der Waals surface area contributed by atoms with Gasteiger partial charge in [-0.1, -0.05) is 58.4 Å². The van der Waals surface area contributed by atoms with E-state index in [4.69, 9.17) is 0 Å². The van der Waals surface area contributed by atoms with Gasteiger partial charge in [0.15, 0.2) is 11.6 Å². The van der Waals surface area contributed by atoms with Crippen molar-refractivity contribution in [2.24, 2.45) is 5.92 Å². The molecule has 0 N–H and O–H groups in total. The Bertz CT molecular complexity index is 690. The Balaban J connectivity index is 2.19. The number of rotatable bonds is 6. The average Bonchev–Trinajstić information content (AvgIpc) is 2.53. The van der Waals surface area contributed by atoms with E-state index in [1.807, 2.05) is 0 Å². The van der Waals surface area contributed by atoms with E-state index >= 15 is 0 Å². The minimum atomic E-state index is -0.932. The van der Waals surface area contributed by atoms with Gasteiger partial charge < -0.3 is 0 Å². The van der Waals surface area contributed by atoms with Crippen LogP contribution in [-0.4, -0.2) is 17.3 Å². The molecular formula is C18H15BrO3. The highest BCUT2D eigenvalue weighted by Crippen LogP contribution is 2.18. The van der Waals surface area contributed by atoms with Crippen molar-refractivity contribution in [3.8, 4) is 0 Å². The summed E-state index contributed by atoms with van der Waals surface area (Å²) in [6.45, 7) is 1.35. The lowest BCUT2D eigenvalue weighted by Gasteiger charge is -2.12. The van der Waals surface area contributed by atoms with Crippen LogP contribution in [0.4, 0.5) is 0 Å². The van der Waals surface area contributed by atoms with E-state index in [1.54, 1.807) is 54.6 Å². The first-order valence-electron chi connectivity index (χ1n) is 6.87. The molecule has 2 rings (SSSR count). The summed E-state index contributed by atoms with van der Waals surface area (Å²) in [6, 6.07) is 15.5. The summed E-state index contributed by atoms with van der Waals surface area (Å²) in [4.78, 5) is 36.5. The molecule has 0 bridgehead atoms. The molecule has 3 nitrogen and oxygen atoms in total. The Morgan fingerprint density at radius 2 is 1.50 bits per heavy atom. The number of Topliss-reactive ketones (excluding diaryl/α,β-unsaturated/α-hetero) is 3. The van der Waals surface area contributed by atoms with E-state index < -0.39 is 5.92 Å². The first kappa shape index (κ1) is 16.3. The highest BCUT2D eigenvalue weighted by molar-refractivity contribution is 9.10. The second kappa shape index (κ2) is 7.27. The number of halogens is 1. The molecule has 1 atom stereocenters. The second-order valence-corrected chi connectivity index (χ2v) is 5.94. The third-order valence-electron chi connectivity index (χ3n) is 3.42. The SMILES string of the molecule is CC(=O)C(CC(=O)c1ccc(Br)cc1)C(=O)c1ccccc1. The minimum absolute atomic E-state index is 0.106. The summed E-state index contributed by atoms with van der Waals surface area (Å²) in [5, 5.41) is 0. The molecule has 2 aromatic rings. The summed E-state index contributed by atoms with van der Waals surface area (Å²) in [6.07, 6.45) is -0.106. The van der Waals surface area contributed by atoms with Crippen LogP contribution in [0.15, 0.2) is 59.1 Å². The van der Waals surface area contributed by atoms with Crippen molar-refractivity contribution >= 4 is 33.3 Å². The number of hydrogen-bond donors (Lipinski definition) is 0. The predicted octanol–water partition coefficient (Wildman–Crippen LogP) is 4.11. The van der Waals surface area contributed by atoms with Gasteiger partial charge in [0.2, 0.25) is 0 Å². The maximum atomic E-state index is 12.4. The van der Waals surface area contributed by atoms with Crippen molar-refractivity contribution in [2.75, 3.05) is 0 Å². The smallest absolute Gasteiger partial charge is 0.173 e. The summed E-state index contributed by atoms with van der Waals surface area (Å²) < 4.78 is 0.868. The third-order valence-corrected chi connectivity index (χ3v) is 3.95. The second-order valence-electron chi connectivity index (χ2n) is 5.03. The van der Waals surface area contributed by atoms with Crippen LogP contribution in [0.5, 0.6) is 0 Å². The number of carbonyl (C=O) groups excluding carboxylic acids is 3. The average molecular weight is 359 g/mol. The lowest BCUT2D eigenvalue weighted by Crippen LogP contribution is -2.25. The fourth-order valence-electron chi connectivity index (χ4n) is 2.16. The first-order chi connectivity index (χ1) is 10.5. The molecule has 0 spiro atoms. The van der Waals surface area contributed by atoms with E-state index in [2.05, 4.69) is 15.9 Å². The molecular weight excluding hydrogens is 344 g/mol. The van der Waals surface area contributed by atoms with Crippen molar-refractivity contribution in [1.29, 1.82) is 0 Å². The molecule has 22 heavy (non-hydrogen) atoms. The van der Waals surface area contributed by atoms with Crippen molar-refractivity contribution in [1.82, 2.24) is 0 Å². The minimum Gasteiger partial charge on any atom is -0.299 e. The zero-order chi connectivity index (χ0) is 16.1. The molecule has 1 unspecified atom stereocenters. The highest BCUT2D eigenvalue weighted by Gasteiger charge is 2.27. The molecule has 0 aliphatic heterocycles. The van der Waals surface area contributed by atoms with Crippen LogP contribution >= 0.6 is 15.9 Å². The first-order valence-corrected chi connectivity index (χ1v) is 7.67. The van der Waals surface area contributed by atoms with Gasteiger partial charge in [-0.2, -0.15) is 0 Å². The van der Waals surface area contributed by atoms with Crippen LogP contribution in [0.2, 0.25) is 0 Å². The Kier molecular flexibility index (Phi) is 5.39. The van der Waals surface area contributed by atoms with Gasteiger partial charge in [0, 0.05) is 22.0 Å². The van der Waals surface area contributed by atoms with Crippen LogP contribution in [0.25, 0.3) is 0 Å². The van der Waals surface area contributed by atoms with Gasteiger partial charge in [0.1, 0.15) is 5.78 Å². The summed E-state index contributed by atoms with van der Waals surface area (Å²) in [5.74, 6) is -1.74. The number of carbonyl (C=O) groups is 3. The zero-order valence-electron chi connectivity index (χ0n) is 12.1. The fraction of sp³-hybridized carbons (Fsp3) is 0.167. The summed E-state index contributed by atoms with van der Waals surface area (Å²) in [5.41, 5.74) is 0.946. The van der Waals surface area contributed by atoms with Gasteiger partial charge in [-0.15, -0.1) is 0 Å². The topological polar surface area (TPSA) is 51.2 Å². The van der Waals surface area contributed by atoms with Crippen LogP contribution in [0.3, 0.4) is 0 Å². The largest absolute Gasteiger partial charge is 0.299 e. The van der Waals surface area contributed by atoms with Crippen molar-refractivity contribution in [3.63, 3.8) is 0 Å². The molecule has 2 aromatic carbocycles. The van der Waals surface area contributed by atoms with Crippen LogP contribution in [-0.2, 0) is 4.79 Å². The number of hydrogen-bond acceptors (Lipinski definition) is 3. The maximum Gasteiger partial charge on any atom is 0.173 e. The fourth-order valence-corrected chi connectivity index (χ4v) is 2.43. The highest BCUT2D eigenvalue weighted by atomic mass is 79.9. The van der Waals surface area contributed by atoms with E-state index in [0.717, 1.165) is 4.47 Å². The Labute approximate surface area is 137 Å². The normalized spacial score (nSPS) is 11.7. The number of benzene rings is 2. The zero-order valence-corrected chi connectivity index (χ0v) is 13.7. The Hall–Kier alpha value is -2.07. The molecule has 0 saturated carbocycles. The van der Waals surface area contributed by atoms with Gasteiger partial charge in [0.05, 0.1) is 5.92 Å². The van der Waals surface area contributed by atoms with Crippen molar-refractivity contribution in [2.45, 2.75) is 13.3 Å². The van der Waals surface area contributed by atoms with Crippen LogP contribution in [0, 0.1) is 5.92 Å². The van der Waals surface area contributed by atoms with Gasteiger partial charge in [-0.05, 0) is 19.1 Å².